The average Bonchev–Trinajstić information content (AvgIpc) is 2.52. The summed E-state index contributed by atoms with van der Waals surface area (Å²) >= 11 is 0. The second-order valence-electron chi connectivity index (χ2n) is 5.86. The van der Waals surface area contributed by atoms with Gasteiger partial charge in [-0.2, -0.15) is 0 Å². The van der Waals surface area contributed by atoms with Crippen molar-refractivity contribution in [3.63, 3.8) is 0 Å². The lowest BCUT2D eigenvalue weighted by atomic mass is 10.1. The Hall–Kier alpha value is -1.13. The zero-order chi connectivity index (χ0) is 17.3. The van der Waals surface area contributed by atoms with Crippen molar-refractivity contribution in [2.45, 2.75) is 83.3 Å². The predicted molar refractivity (Wildman–Crippen MR) is 94.6 cm³/mol. The highest BCUT2D eigenvalue weighted by molar-refractivity contribution is 5.66. The van der Waals surface area contributed by atoms with Gasteiger partial charge in [-0.15, -0.1) is 0 Å². The van der Waals surface area contributed by atoms with Crippen LogP contribution in [0.5, 0.6) is 0 Å². The quantitative estimate of drug-likeness (QED) is 0.344. The monoisotopic (exact) mass is 326 g/mol. The van der Waals surface area contributed by atoms with E-state index >= 15 is 0 Å². The lowest BCUT2D eigenvalue weighted by Gasteiger charge is -2.18. The van der Waals surface area contributed by atoms with Gasteiger partial charge in [0, 0.05) is 13.5 Å². The zero-order valence-electron chi connectivity index (χ0n) is 14.7. The molecular formula is C19H34O4. The van der Waals surface area contributed by atoms with Crippen LogP contribution in [0.4, 0.5) is 0 Å². The van der Waals surface area contributed by atoms with Gasteiger partial charge in [0.15, 0.2) is 0 Å². The van der Waals surface area contributed by atoms with Gasteiger partial charge in [-0.1, -0.05) is 50.5 Å². The Morgan fingerprint density at radius 1 is 1.04 bits per heavy atom. The van der Waals surface area contributed by atoms with E-state index in [1.165, 1.54) is 6.42 Å². The first-order valence-electron chi connectivity index (χ1n) is 8.84. The molecule has 0 saturated carbocycles. The highest BCUT2D eigenvalue weighted by Crippen LogP contribution is 2.09. The van der Waals surface area contributed by atoms with Gasteiger partial charge in [0.25, 0.3) is 0 Å². The molecule has 0 aromatic heterocycles. The predicted octanol–water partition coefficient (Wildman–Crippen LogP) is 4.48. The van der Waals surface area contributed by atoms with Crippen LogP contribution in [0.1, 0.15) is 71.1 Å². The fourth-order valence-corrected chi connectivity index (χ4v) is 2.44. The van der Waals surface area contributed by atoms with Crippen LogP contribution in [0.2, 0.25) is 0 Å². The summed E-state index contributed by atoms with van der Waals surface area (Å²) in [6.45, 7) is 2.01. The lowest BCUT2D eigenvalue weighted by Crippen LogP contribution is -2.26. The van der Waals surface area contributed by atoms with E-state index < -0.39 is 12.1 Å². The van der Waals surface area contributed by atoms with E-state index in [4.69, 9.17) is 9.84 Å². The van der Waals surface area contributed by atoms with Crippen molar-refractivity contribution in [2.24, 2.45) is 0 Å². The molecule has 0 amide bonds. The molecule has 0 rings (SSSR count). The number of allylic oxidation sites excluding steroid dienone is 3. The van der Waals surface area contributed by atoms with Gasteiger partial charge in [0.2, 0.25) is 0 Å². The van der Waals surface area contributed by atoms with Crippen LogP contribution < -0.4 is 0 Å². The van der Waals surface area contributed by atoms with Gasteiger partial charge < -0.3 is 14.9 Å². The van der Waals surface area contributed by atoms with Crippen molar-refractivity contribution in [3.8, 4) is 0 Å². The summed E-state index contributed by atoms with van der Waals surface area (Å²) in [5.41, 5.74) is 0. The molecule has 134 valence electrons. The summed E-state index contributed by atoms with van der Waals surface area (Å²) in [4.78, 5) is 10.3. The molecule has 0 heterocycles. The molecule has 0 aromatic carbocycles. The number of methoxy groups -OCH3 is 1. The molecule has 0 aliphatic heterocycles. The number of aliphatic carboxylic acids is 1. The van der Waals surface area contributed by atoms with Crippen LogP contribution in [-0.4, -0.2) is 35.5 Å². The van der Waals surface area contributed by atoms with Gasteiger partial charge in [0.05, 0.1) is 12.2 Å². The maximum Gasteiger partial charge on any atom is 0.303 e. The molecule has 0 spiro atoms. The first kappa shape index (κ1) is 21.9. The van der Waals surface area contributed by atoms with Crippen LogP contribution in [0, 0.1) is 0 Å². The molecule has 0 saturated heterocycles. The third-order valence-electron chi connectivity index (χ3n) is 3.88. The molecule has 0 aliphatic carbocycles. The van der Waals surface area contributed by atoms with Crippen LogP contribution in [-0.2, 0) is 9.53 Å². The SMILES string of the molecule is CCC(OC)C(O)CC=CCC=CCCCCCCCC(=O)O. The van der Waals surface area contributed by atoms with Gasteiger partial charge in [-0.25, -0.2) is 0 Å². The maximum absolute atomic E-state index is 10.3. The minimum absolute atomic E-state index is 0.0781. The number of carboxylic acid groups (broad SMARTS) is 1. The normalized spacial score (nSPS) is 14.6. The third kappa shape index (κ3) is 14.2. The van der Waals surface area contributed by atoms with Gasteiger partial charge in [-0.05, 0) is 38.5 Å². The minimum atomic E-state index is -0.694. The van der Waals surface area contributed by atoms with E-state index in [0.717, 1.165) is 44.9 Å². The first-order valence-corrected chi connectivity index (χ1v) is 8.84. The molecule has 2 N–H and O–H groups in total. The summed E-state index contributed by atoms with van der Waals surface area (Å²) in [5.74, 6) is -0.694. The fraction of sp³-hybridized carbons (Fsp3) is 0.737. The lowest BCUT2D eigenvalue weighted by molar-refractivity contribution is -0.137. The first-order chi connectivity index (χ1) is 11.1. The third-order valence-corrected chi connectivity index (χ3v) is 3.88. The number of aliphatic hydroxyl groups excluding tert-OH is 1. The molecule has 4 nitrogen and oxygen atoms in total. The highest BCUT2D eigenvalue weighted by atomic mass is 16.5. The van der Waals surface area contributed by atoms with Crippen LogP contribution in [0.15, 0.2) is 24.3 Å². The zero-order valence-corrected chi connectivity index (χ0v) is 14.7. The Bertz CT molecular complexity index is 332. The van der Waals surface area contributed by atoms with Crippen molar-refractivity contribution in [2.75, 3.05) is 7.11 Å². The summed E-state index contributed by atoms with van der Waals surface area (Å²) < 4.78 is 5.20. The minimum Gasteiger partial charge on any atom is -0.481 e. The molecule has 0 aromatic rings. The Balaban J connectivity index is 3.46. The van der Waals surface area contributed by atoms with Crippen molar-refractivity contribution in [1.29, 1.82) is 0 Å². The second-order valence-corrected chi connectivity index (χ2v) is 5.86. The number of ether oxygens (including phenoxy) is 1. The molecule has 23 heavy (non-hydrogen) atoms. The van der Waals surface area contributed by atoms with Crippen molar-refractivity contribution >= 4 is 5.97 Å². The number of unbranched alkanes of at least 4 members (excludes halogenated alkanes) is 5. The molecule has 2 atom stereocenters. The molecule has 0 bridgehead atoms. The van der Waals surface area contributed by atoms with E-state index in [9.17, 15) is 9.90 Å². The molecule has 4 heteroatoms. The van der Waals surface area contributed by atoms with Crippen molar-refractivity contribution in [3.05, 3.63) is 24.3 Å². The van der Waals surface area contributed by atoms with E-state index in [2.05, 4.69) is 18.2 Å². The van der Waals surface area contributed by atoms with Crippen LogP contribution in [0.3, 0.4) is 0 Å². The number of carboxylic acids is 1. The number of carbonyl (C=O) groups is 1. The van der Waals surface area contributed by atoms with Crippen molar-refractivity contribution < 1.29 is 19.7 Å². The molecule has 0 radical (unpaired) electrons. The number of hydrogen-bond donors (Lipinski definition) is 2. The maximum atomic E-state index is 10.3. The second kappa shape index (κ2) is 15.8. The molecule has 0 fully saturated rings. The van der Waals surface area contributed by atoms with Crippen LogP contribution in [0.25, 0.3) is 0 Å². The van der Waals surface area contributed by atoms with E-state index in [1.807, 2.05) is 13.0 Å². The fourth-order valence-electron chi connectivity index (χ4n) is 2.44. The summed E-state index contributed by atoms with van der Waals surface area (Å²) in [7, 11) is 1.63. The summed E-state index contributed by atoms with van der Waals surface area (Å²) in [5, 5.41) is 18.4. The number of rotatable bonds is 15. The average molecular weight is 326 g/mol. The van der Waals surface area contributed by atoms with Gasteiger partial charge in [0.1, 0.15) is 0 Å². The van der Waals surface area contributed by atoms with Gasteiger partial charge in [-0.3, -0.25) is 4.79 Å². The topological polar surface area (TPSA) is 66.8 Å². The Labute approximate surface area is 141 Å². The number of hydrogen-bond acceptors (Lipinski definition) is 3. The van der Waals surface area contributed by atoms with Crippen LogP contribution >= 0.6 is 0 Å². The Morgan fingerprint density at radius 2 is 1.70 bits per heavy atom. The van der Waals surface area contributed by atoms with Gasteiger partial charge >= 0.3 is 5.97 Å². The summed E-state index contributed by atoms with van der Waals surface area (Å²) in [6.07, 6.45) is 16.9. The largest absolute Gasteiger partial charge is 0.481 e. The van der Waals surface area contributed by atoms with E-state index in [1.54, 1.807) is 7.11 Å². The summed E-state index contributed by atoms with van der Waals surface area (Å²) in [6, 6.07) is 0. The number of aliphatic hydroxyl groups is 1. The highest BCUT2D eigenvalue weighted by Gasteiger charge is 2.14. The smallest absolute Gasteiger partial charge is 0.303 e. The van der Waals surface area contributed by atoms with E-state index in [0.29, 0.717) is 12.8 Å². The molecule has 0 aliphatic rings. The molecular weight excluding hydrogens is 292 g/mol. The molecule has 2 unspecified atom stereocenters. The Kier molecular flexibility index (Phi) is 15.0. The Morgan fingerprint density at radius 3 is 2.35 bits per heavy atom. The van der Waals surface area contributed by atoms with E-state index in [-0.39, 0.29) is 6.10 Å². The standard InChI is InChI=1S/C19H34O4/c1-3-18(23-2)17(20)15-13-11-9-7-5-4-6-8-10-12-14-16-19(21)22/h5,7,11,13,17-18,20H,3-4,6,8-10,12,14-16H2,1-2H3,(H,21,22). The van der Waals surface area contributed by atoms with Crippen molar-refractivity contribution in [1.82, 2.24) is 0 Å².